The summed E-state index contributed by atoms with van der Waals surface area (Å²) in [5, 5.41) is 0. The van der Waals surface area contributed by atoms with Crippen molar-refractivity contribution < 1.29 is 14.3 Å². The lowest BCUT2D eigenvalue weighted by Gasteiger charge is -2.21. The van der Waals surface area contributed by atoms with E-state index in [4.69, 9.17) is 4.74 Å². The van der Waals surface area contributed by atoms with Gasteiger partial charge in [0.2, 0.25) is 0 Å². The first-order chi connectivity index (χ1) is 14.1. The van der Waals surface area contributed by atoms with Crippen molar-refractivity contribution in [2.24, 2.45) is 0 Å². The van der Waals surface area contributed by atoms with Crippen LogP contribution in [0.5, 0.6) is 5.75 Å². The number of hydrogen-bond acceptors (Lipinski definition) is 4. The quantitative estimate of drug-likeness (QED) is 0.695. The number of para-hydroxylation sites is 1. The van der Waals surface area contributed by atoms with Crippen LogP contribution in [0.1, 0.15) is 37.3 Å². The molecule has 0 N–H and O–H groups in total. The Kier molecular flexibility index (Phi) is 5.38. The molecule has 0 aromatic heterocycles. The lowest BCUT2D eigenvalue weighted by atomic mass is 10.0. The molecule has 0 saturated carbocycles. The van der Waals surface area contributed by atoms with Crippen molar-refractivity contribution in [2.45, 2.75) is 33.1 Å². The number of ether oxygens (including phenoxy) is 1. The molecule has 2 aromatic rings. The summed E-state index contributed by atoms with van der Waals surface area (Å²) in [6, 6.07) is 15.0. The zero-order valence-electron chi connectivity index (χ0n) is 17.0. The molecule has 29 heavy (non-hydrogen) atoms. The highest BCUT2D eigenvalue weighted by molar-refractivity contribution is 6.45. The molecule has 0 spiro atoms. The van der Waals surface area contributed by atoms with Crippen LogP contribution in [0.4, 0.5) is 5.69 Å². The molecule has 5 nitrogen and oxygen atoms in total. The number of likely N-dealkylation sites (tertiary alicyclic amines) is 1. The highest BCUT2D eigenvalue weighted by Gasteiger charge is 2.43. The van der Waals surface area contributed by atoms with Gasteiger partial charge in [-0.2, -0.15) is 0 Å². The number of nitrogens with zero attached hydrogens (tertiary/aromatic N) is 2. The van der Waals surface area contributed by atoms with Gasteiger partial charge in [-0.1, -0.05) is 37.3 Å². The Hall–Kier alpha value is -3.08. The average molecular weight is 390 g/mol. The molecule has 0 atom stereocenters. The number of aryl methyl sites for hydroxylation is 1. The molecule has 2 aromatic carbocycles. The van der Waals surface area contributed by atoms with Crippen LogP contribution in [0.2, 0.25) is 0 Å². The maximum absolute atomic E-state index is 13.5. The summed E-state index contributed by atoms with van der Waals surface area (Å²) in [6.45, 7) is 6.24. The fourth-order valence-electron chi connectivity index (χ4n) is 3.98. The summed E-state index contributed by atoms with van der Waals surface area (Å²) >= 11 is 0. The molecule has 1 fully saturated rings. The Morgan fingerprint density at radius 3 is 2.28 bits per heavy atom. The number of hydrogen-bond donors (Lipinski definition) is 0. The molecule has 0 unspecified atom stereocenters. The van der Waals surface area contributed by atoms with E-state index in [-0.39, 0.29) is 11.8 Å². The number of benzene rings is 2. The summed E-state index contributed by atoms with van der Waals surface area (Å²) in [7, 11) is 0. The summed E-state index contributed by atoms with van der Waals surface area (Å²) in [4.78, 5) is 30.3. The maximum atomic E-state index is 13.5. The second-order valence-electron chi connectivity index (χ2n) is 7.52. The van der Waals surface area contributed by atoms with Gasteiger partial charge in [0, 0.05) is 13.1 Å². The highest BCUT2D eigenvalue weighted by Crippen LogP contribution is 2.37. The normalized spacial score (nSPS) is 16.9. The Bertz CT molecular complexity index is 956. The van der Waals surface area contributed by atoms with Gasteiger partial charge in [-0.15, -0.1) is 0 Å². The van der Waals surface area contributed by atoms with Gasteiger partial charge in [0.15, 0.2) is 0 Å². The van der Waals surface area contributed by atoms with E-state index >= 15 is 0 Å². The van der Waals surface area contributed by atoms with Gasteiger partial charge < -0.3 is 9.64 Å². The molecule has 1 saturated heterocycles. The fourth-order valence-corrected chi connectivity index (χ4v) is 3.98. The first-order valence-electron chi connectivity index (χ1n) is 10.3. The molecule has 150 valence electrons. The van der Waals surface area contributed by atoms with Gasteiger partial charge in [0.1, 0.15) is 11.4 Å². The lowest BCUT2D eigenvalue weighted by molar-refractivity contribution is -0.120. The van der Waals surface area contributed by atoms with E-state index in [1.54, 1.807) is 0 Å². The van der Waals surface area contributed by atoms with Crippen LogP contribution >= 0.6 is 0 Å². The van der Waals surface area contributed by atoms with Crippen molar-refractivity contribution in [3.05, 3.63) is 65.4 Å². The van der Waals surface area contributed by atoms with Gasteiger partial charge >= 0.3 is 0 Å². The van der Waals surface area contributed by atoms with Crippen LogP contribution in [-0.4, -0.2) is 36.4 Å². The number of amides is 2. The Balaban J connectivity index is 1.76. The second-order valence-corrected chi connectivity index (χ2v) is 7.52. The van der Waals surface area contributed by atoms with Crippen molar-refractivity contribution in [1.82, 2.24) is 4.90 Å². The number of imide groups is 1. The molecule has 0 radical (unpaired) electrons. The van der Waals surface area contributed by atoms with Gasteiger partial charge in [0.05, 0.1) is 17.9 Å². The Morgan fingerprint density at radius 2 is 1.62 bits per heavy atom. The van der Waals surface area contributed by atoms with Crippen molar-refractivity contribution in [1.29, 1.82) is 0 Å². The van der Waals surface area contributed by atoms with Gasteiger partial charge in [-0.25, -0.2) is 4.90 Å². The predicted molar refractivity (Wildman–Crippen MR) is 114 cm³/mol. The van der Waals surface area contributed by atoms with E-state index in [0.29, 0.717) is 23.6 Å². The molecule has 2 aliphatic heterocycles. The largest absolute Gasteiger partial charge is 0.494 e. The molecule has 2 aliphatic rings. The van der Waals surface area contributed by atoms with Gasteiger partial charge in [-0.05, 0) is 55.5 Å². The molecular formula is C24H26N2O3. The maximum Gasteiger partial charge on any atom is 0.282 e. The molecule has 0 bridgehead atoms. The first-order valence-corrected chi connectivity index (χ1v) is 10.3. The monoisotopic (exact) mass is 390 g/mol. The standard InChI is InChI=1S/C24H26N2O3/c1-3-16-29-19-12-10-18(11-13-19)21-22(25-14-6-7-15-25)24(28)26(23(21)27)20-9-5-4-8-17(20)2/h4-5,8-13H,3,6-7,14-16H2,1-2H3. The summed E-state index contributed by atoms with van der Waals surface area (Å²) < 4.78 is 5.66. The zero-order valence-corrected chi connectivity index (χ0v) is 17.0. The highest BCUT2D eigenvalue weighted by atomic mass is 16.5. The minimum absolute atomic E-state index is 0.229. The molecule has 2 amide bonds. The van der Waals surface area contributed by atoms with Crippen molar-refractivity contribution in [2.75, 3.05) is 24.6 Å². The van der Waals surface area contributed by atoms with E-state index in [1.807, 2.05) is 55.5 Å². The minimum atomic E-state index is -0.256. The topological polar surface area (TPSA) is 49.9 Å². The Labute approximate surface area is 171 Å². The van der Waals surface area contributed by atoms with Crippen LogP contribution < -0.4 is 9.64 Å². The van der Waals surface area contributed by atoms with Crippen LogP contribution in [0.25, 0.3) is 5.57 Å². The van der Waals surface area contributed by atoms with Gasteiger partial charge in [0.25, 0.3) is 11.8 Å². The van der Waals surface area contributed by atoms with Crippen molar-refractivity contribution >= 4 is 23.1 Å². The Morgan fingerprint density at radius 1 is 0.931 bits per heavy atom. The van der Waals surface area contributed by atoms with Crippen LogP contribution in [0, 0.1) is 6.92 Å². The molecule has 4 rings (SSSR count). The van der Waals surface area contributed by atoms with Crippen molar-refractivity contribution in [3.8, 4) is 5.75 Å². The zero-order chi connectivity index (χ0) is 20.4. The third-order valence-corrected chi connectivity index (χ3v) is 5.45. The van der Waals surface area contributed by atoms with E-state index in [2.05, 4.69) is 11.8 Å². The second kappa shape index (κ2) is 8.11. The number of anilines is 1. The van der Waals surface area contributed by atoms with Gasteiger partial charge in [-0.3, -0.25) is 9.59 Å². The summed E-state index contributed by atoms with van der Waals surface area (Å²) in [5.74, 6) is 0.285. The summed E-state index contributed by atoms with van der Waals surface area (Å²) in [6.07, 6.45) is 3.00. The minimum Gasteiger partial charge on any atom is -0.494 e. The van der Waals surface area contributed by atoms with Crippen molar-refractivity contribution in [3.63, 3.8) is 0 Å². The molecular weight excluding hydrogens is 364 g/mol. The number of carbonyl (C=O) groups excluding carboxylic acids is 2. The van der Waals surface area contributed by atoms with Crippen LogP contribution in [-0.2, 0) is 9.59 Å². The lowest BCUT2D eigenvalue weighted by Crippen LogP contribution is -2.34. The van der Waals surface area contributed by atoms with E-state index in [0.717, 1.165) is 49.2 Å². The fraction of sp³-hybridized carbons (Fsp3) is 0.333. The first kappa shape index (κ1) is 19.2. The van der Waals surface area contributed by atoms with E-state index in [1.165, 1.54) is 4.90 Å². The number of rotatable bonds is 6. The van der Waals surface area contributed by atoms with E-state index in [9.17, 15) is 9.59 Å². The number of carbonyl (C=O) groups is 2. The summed E-state index contributed by atoms with van der Waals surface area (Å²) in [5.41, 5.74) is 3.32. The smallest absolute Gasteiger partial charge is 0.282 e. The SMILES string of the molecule is CCCOc1ccc(C2=C(N3CCCC3)C(=O)N(c3ccccc3C)C2=O)cc1. The predicted octanol–water partition coefficient (Wildman–Crippen LogP) is 4.16. The van der Waals surface area contributed by atoms with Crippen LogP contribution in [0.3, 0.4) is 0 Å². The van der Waals surface area contributed by atoms with Crippen LogP contribution in [0.15, 0.2) is 54.2 Å². The molecule has 0 aliphatic carbocycles. The molecule has 2 heterocycles. The molecule has 5 heteroatoms. The third-order valence-electron chi connectivity index (χ3n) is 5.45. The average Bonchev–Trinajstić information content (AvgIpc) is 3.34. The van der Waals surface area contributed by atoms with E-state index < -0.39 is 0 Å². The third kappa shape index (κ3) is 3.53.